The minimum Gasteiger partial charge on any atom is -0.497 e. The number of hydrogen-bond donors (Lipinski definition) is 2. The van der Waals surface area contributed by atoms with E-state index in [1.807, 2.05) is 12.1 Å². The smallest absolute Gasteiger partial charge is 0.118 e. The zero-order valence-corrected chi connectivity index (χ0v) is 9.78. The fourth-order valence-electron chi connectivity index (χ4n) is 2.23. The van der Waals surface area contributed by atoms with Gasteiger partial charge in [0.15, 0.2) is 0 Å². The molecule has 2 rings (SSSR count). The fraction of sp³-hybridized carbons (Fsp3) is 0.538. The number of nitrogens with two attached hydrogens (primary N) is 1. The summed E-state index contributed by atoms with van der Waals surface area (Å²) in [7, 11) is 1.69. The molecular formula is C13H20N2O. The van der Waals surface area contributed by atoms with E-state index >= 15 is 0 Å². The van der Waals surface area contributed by atoms with Gasteiger partial charge in [0.25, 0.3) is 0 Å². The number of rotatable bonds is 3. The second-order valence-electron chi connectivity index (χ2n) is 4.47. The molecule has 0 radical (unpaired) electrons. The molecule has 88 valence electrons. The highest BCUT2D eigenvalue weighted by atomic mass is 16.5. The van der Waals surface area contributed by atoms with Gasteiger partial charge in [-0.15, -0.1) is 0 Å². The van der Waals surface area contributed by atoms with Crippen LogP contribution in [0, 0.1) is 5.92 Å². The van der Waals surface area contributed by atoms with Gasteiger partial charge in [0.1, 0.15) is 5.75 Å². The minimum atomic E-state index is 0.336. The first-order valence-corrected chi connectivity index (χ1v) is 5.89. The zero-order valence-electron chi connectivity index (χ0n) is 9.78. The van der Waals surface area contributed by atoms with E-state index in [0.29, 0.717) is 12.0 Å². The first-order valence-electron chi connectivity index (χ1n) is 5.89. The highest BCUT2D eigenvalue weighted by molar-refractivity contribution is 5.27. The molecule has 1 aromatic carbocycles. The van der Waals surface area contributed by atoms with Crippen molar-refractivity contribution in [3.8, 4) is 5.75 Å². The molecule has 0 saturated carbocycles. The summed E-state index contributed by atoms with van der Waals surface area (Å²) in [4.78, 5) is 0. The Hall–Kier alpha value is -1.06. The van der Waals surface area contributed by atoms with E-state index in [1.54, 1.807) is 7.11 Å². The lowest BCUT2D eigenvalue weighted by Crippen LogP contribution is -2.45. The van der Waals surface area contributed by atoms with Gasteiger partial charge in [0.05, 0.1) is 7.11 Å². The predicted molar refractivity (Wildman–Crippen MR) is 65.7 cm³/mol. The van der Waals surface area contributed by atoms with Crippen LogP contribution in [-0.2, 0) is 6.42 Å². The third kappa shape index (κ3) is 2.74. The van der Waals surface area contributed by atoms with Crippen molar-refractivity contribution in [1.82, 2.24) is 5.32 Å². The molecule has 16 heavy (non-hydrogen) atoms. The van der Waals surface area contributed by atoms with Gasteiger partial charge >= 0.3 is 0 Å². The quantitative estimate of drug-likeness (QED) is 0.804. The molecule has 1 aliphatic rings. The standard InChI is InChI=1S/C13H20N2O/c1-16-12-4-2-10(3-5-12)8-11-9-15-7-6-13(11)14/h2-5,11,13,15H,6-9,14H2,1H3. The maximum absolute atomic E-state index is 6.12. The van der Waals surface area contributed by atoms with Crippen LogP contribution >= 0.6 is 0 Å². The van der Waals surface area contributed by atoms with Crippen molar-refractivity contribution in [3.05, 3.63) is 29.8 Å². The molecule has 1 aromatic rings. The van der Waals surface area contributed by atoms with Crippen LogP contribution in [0.3, 0.4) is 0 Å². The number of ether oxygens (including phenoxy) is 1. The summed E-state index contributed by atoms with van der Waals surface area (Å²) in [6.07, 6.45) is 2.14. The predicted octanol–water partition coefficient (Wildman–Crippen LogP) is 1.17. The van der Waals surface area contributed by atoms with Crippen LogP contribution in [0.25, 0.3) is 0 Å². The van der Waals surface area contributed by atoms with E-state index in [2.05, 4.69) is 17.4 Å². The lowest BCUT2D eigenvalue weighted by atomic mass is 9.88. The fourth-order valence-corrected chi connectivity index (χ4v) is 2.23. The van der Waals surface area contributed by atoms with Crippen molar-refractivity contribution in [3.63, 3.8) is 0 Å². The van der Waals surface area contributed by atoms with Crippen molar-refractivity contribution in [1.29, 1.82) is 0 Å². The summed E-state index contributed by atoms with van der Waals surface area (Å²) in [6.45, 7) is 2.09. The summed E-state index contributed by atoms with van der Waals surface area (Å²) in [5.41, 5.74) is 7.46. The summed E-state index contributed by atoms with van der Waals surface area (Å²) in [6, 6.07) is 8.61. The van der Waals surface area contributed by atoms with Gasteiger partial charge < -0.3 is 15.8 Å². The average Bonchev–Trinajstić information content (AvgIpc) is 2.33. The topological polar surface area (TPSA) is 47.3 Å². The zero-order chi connectivity index (χ0) is 11.4. The third-order valence-corrected chi connectivity index (χ3v) is 3.32. The van der Waals surface area contributed by atoms with Crippen molar-refractivity contribution < 1.29 is 4.74 Å². The monoisotopic (exact) mass is 220 g/mol. The lowest BCUT2D eigenvalue weighted by molar-refractivity contribution is 0.324. The van der Waals surface area contributed by atoms with Crippen LogP contribution in [0.2, 0.25) is 0 Å². The van der Waals surface area contributed by atoms with E-state index < -0.39 is 0 Å². The highest BCUT2D eigenvalue weighted by Crippen LogP contribution is 2.18. The van der Waals surface area contributed by atoms with Crippen molar-refractivity contribution in [2.75, 3.05) is 20.2 Å². The van der Waals surface area contributed by atoms with Crippen LogP contribution in [0.5, 0.6) is 5.75 Å². The molecule has 1 aliphatic heterocycles. The average molecular weight is 220 g/mol. The van der Waals surface area contributed by atoms with Crippen molar-refractivity contribution in [2.45, 2.75) is 18.9 Å². The molecule has 3 nitrogen and oxygen atoms in total. The number of methoxy groups -OCH3 is 1. The van der Waals surface area contributed by atoms with Gasteiger partial charge in [0.2, 0.25) is 0 Å². The van der Waals surface area contributed by atoms with Gasteiger partial charge in [-0.1, -0.05) is 12.1 Å². The second-order valence-corrected chi connectivity index (χ2v) is 4.47. The summed E-state index contributed by atoms with van der Waals surface area (Å²) >= 11 is 0. The molecule has 2 unspecified atom stereocenters. The maximum atomic E-state index is 6.12. The summed E-state index contributed by atoms with van der Waals surface area (Å²) < 4.78 is 5.14. The van der Waals surface area contributed by atoms with Crippen LogP contribution in [-0.4, -0.2) is 26.2 Å². The van der Waals surface area contributed by atoms with E-state index in [-0.39, 0.29) is 0 Å². The molecule has 1 fully saturated rings. The Bertz CT molecular complexity index is 323. The van der Waals surface area contributed by atoms with E-state index in [9.17, 15) is 0 Å². The molecule has 0 spiro atoms. The molecule has 0 amide bonds. The van der Waals surface area contributed by atoms with Gasteiger partial charge in [0, 0.05) is 6.04 Å². The van der Waals surface area contributed by atoms with Crippen LogP contribution < -0.4 is 15.8 Å². The Kier molecular flexibility index (Phi) is 3.80. The number of hydrogen-bond acceptors (Lipinski definition) is 3. The maximum Gasteiger partial charge on any atom is 0.118 e. The SMILES string of the molecule is COc1ccc(CC2CNCCC2N)cc1. The molecule has 1 saturated heterocycles. The normalized spacial score (nSPS) is 25.4. The number of nitrogens with one attached hydrogen (secondary N) is 1. The van der Waals surface area contributed by atoms with E-state index in [1.165, 1.54) is 5.56 Å². The Morgan fingerprint density at radius 1 is 1.38 bits per heavy atom. The lowest BCUT2D eigenvalue weighted by Gasteiger charge is -2.29. The Labute approximate surface area is 97.0 Å². The molecule has 0 aromatic heterocycles. The van der Waals surface area contributed by atoms with Crippen LogP contribution in [0.15, 0.2) is 24.3 Å². The molecule has 2 atom stereocenters. The van der Waals surface area contributed by atoms with Crippen molar-refractivity contribution in [2.24, 2.45) is 11.7 Å². The van der Waals surface area contributed by atoms with Crippen molar-refractivity contribution >= 4 is 0 Å². The molecule has 0 bridgehead atoms. The van der Waals surface area contributed by atoms with Gasteiger partial charge in [-0.05, 0) is 49.5 Å². The van der Waals surface area contributed by atoms with Gasteiger partial charge in [-0.25, -0.2) is 0 Å². The van der Waals surface area contributed by atoms with E-state index in [4.69, 9.17) is 10.5 Å². The third-order valence-electron chi connectivity index (χ3n) is 3.32. The van der Waals surface area contributed by atoms with Crippen LogP contribution in [0.4, 0.5) is 0 Å². The van der Waals surface area contributed by atoms with Gasteiger partial charge in [-0.3, -0.25) is 0 Å². The first kappa shape index (κ1) is 11.4. The molecule has 0 aliphatic carbocycles. The first-order chi connectivity index (χ1) is 7.79. The summed E-state index contributed by atoms with van der Waals surface area (Å²) in [5, 5.41) is 3.40. The summed E-state index contributed by atoms with van der Waals surface area (Å²) in [5.74, 6) is 1.47. The molecular weight excluding hydrogens is 200 g/mol. The Morgan fingerprint density at radius 2 is 2.12 bits per heavy atom. The largest absolute Gasteiger partial charge is 0.497 e. The number of piperidine rings is 1. The Balaban J connectivity index is 1.96. The van der Waals surface area contributed by atoms with Crippen LogP contribution in [0.1, 0.15) is 12.0 Å². The molecule has 3 heteroatoms. The minimum absolute atomic E-state index is 0.336. The Morgan fingerprint density at radius 3 is 2.75 bits per heavy atom. The molecule has 1 heterocycles. The number of benzene rings is 1. The second kappa shape index (κ2) is 5.32. The highest BCUT2D eigenvalue weighted by Gasteiger charge is 2.21. The van der Waals surface area contributed by atoms with Gasteiger partial charge in [-0.2, -0.15) is 0 Å². The van der Waals surface area contributed by atoms with E-state index in [0.717, 1.165) is 31.7 Å². The molecule has 3 N–H and O–H groups in total.